The Balaban J connectivity index is 1.91. The van der Waals surface area contributed by atoms with Gasteiger partial charge in [-0.2, -0.15) is 0 Å². The fourth-order valence-electron chi connectivity index (χ4n) is 3.79. The molecular weight excluding hydrogens is 224 g/mol. The number of rotatable bonds is 5. The van der Waals surface area contributed by atoms with Crippen LogP contribution in [0, 0.1) is 0 Å². The lowest BCUT2D eigenvalue weighted by molar-refractivity contribution is 0.00558. The maximum Gasteiger partial charge on any atom is 0.0598 e. The van der Waals surface area contributed by atoms with E-state index in [0.29, 0.717) is 17.7 Å². The SMILES string of the molecule is CCCC1(CN2CCC(OC)CC2C)CCCN1. The third kappa shape index (κ3) is 3.25. The number of methoxy groups -OCH3 is 1. The summed E-state index contributed by atoms with van der Waals surface area (Å²) in [5.41, 5.74) is 0.406. The molecule has 3 unspecified atom stereocenters. The van der Waals surface area contributed by atoms with Crippen molar-refractivity contribution in [3.63, 3.8) is 0 Å². The summed E-state index contributed by atoms with van der Waals surface area (Å²) >= 11 is 0. The summed E-state index contributed by atoms with van der Waals surface area (Å²) in [7, 11) is 1.85. The molecule has 1 N–H and O–H groups in total. The van der Waals surface area contributed by atoms with Gasteiger partial charge in [0.2, 0.25) is 0 Å². The molecule has 2 rings (SSSR count). The average Bonchev–Trinajstić information content (AvgIpc) is 2.81. The van der Waals surface area contributed by atoms with Crippen molar-refractivity contribution in [1.82, 2.24) is 10.2 Å². The number of ether oxygens (including phenoxy) is 1. The molecule has 2 saturated heterocycles. The summed E-state index contributed by atoms with van der Waals surface area (Å²) in [6.07, 6.45) is 8.19. The van der Waals surface area contributed by atoms with E-state index in [1.165, 1.54) is 58.2 Å². The van der Waals surface area contributed by atoms with E-state index in [1.807, 2.05) is 7.11 Å². The average molecular weight is 254 g/mol. The van der Waals surface area contributed by atoms with E-state index in [-0.39, 0.29) is 0 Å². The molecule has 2 fully saturated rings. The molecule has 0 spiro atoms. The van der Waals surface area contributed by atoms with E-state index in [1.54, 1.807) is 0 Å². The highest BCUT2D eigenvalue weighted by atomic mass is 16.5. The molecule has 3 nitrogen and oxygen atoms in total. The van der Waals surface area contributed by atoms with Crippen molar-refractivity contribution in [3.8, 4) is 0 Å². The monoisotopic (exact) mass is 254 g/mol. The van der Waals surface area contributed by atoms with Crippen molar-refractivity contribution in [1.29, 1.82) is 0 Å². The third-order valence-corrected chi connectivity index (χ3v) is 4.87. The van der Waals surface area contributed by atoms with Gasteiger partial charge < -0.3 is 10.1 Å². The molecule has 0 bridgehead atoms. The van der Waals surface area contributed by atoms with Crippen LogP contribution in [0.1, 0.15) is 52.4 Å². The van der Waals surface area contributed by atoms with Gasteiger partial charge in [-0.1, -0.05) is 13.3 Å². The van der Waals surface area contributed by atoms with E-state index < -0.39 is 0 Å². The minimum absolute atomic E-state index is 0.406. The van der Waals surface area contributed by atoms with Crippen LogP contribution in [0.5, 0.6) is 0 Å². The van der Waals surface area contributed by atoms with Gasteiger partial charge >= 0.3 is 0 Å². The number of hydrogen-bond acceptors (Lipinski definition) is 3. The number of nitrogens with zero attached hydrogens (tertiary/aromatic N) is 1. The largest absolute Gasteiger partial charge is 0.381 e. The Kier molecular flexibility index (Phi) is 5.05. The number of hydrogen-bond donors (Lipinski definition) is 1. The van der Waals surface area contributed by atoms with Gasteiger partial charge in [-0.05, 0) is 45.6 Å². The van der Waals surface area contributed by atoms with Crippen molar-refractivity contribution in [3.05, 3.63) is 0 Å². The Labute approximate surface area is 112 Å². The van der Waals surface area contributed by atoms with Gasteiger partial charge in [-0.3, -0.25) is 4.90 Å². The van der Waals surface area contributed by atoms with Crippen molar-refractivity contribution in [2.75, 3.05) is 26.7 Å². The lowest BCUT2D eigenvalue weighted by Crippen LogP contribution is -2.54. The van der Waals surface area contributed by atoms with Crippen LogP contribution in [0.25, 0.3) is 0 Å². The Morgan fingerprint density at radius 1 is 1.44 bits per heavy atom. The molecule has 0 amide bonds. The molecule has 0 aromatic rings. The summed E-state index contributed by atoms with van der Waals surface area (Å²) in [5, 5.41) is 3.79. The molecule has 106 valence electrons. The third-order valence-electron chi connectivity index (χ3n) is 4.87. The van der Waals surface area contributed by atoms with E-state index in [4.69, 9.17) is 4.74 Å². The van der Waals surface area contributed by atoms with E-state index in [2.05, 4.69) is 24.1 Å². The second-order valence-electron chi connectivity index (χ2n) is 6.26. The van der Waals surface area contributed by atoms with E-state index >= 15 is 0 Å². The molecule has 0 radical (unpaired) electrons. The molecule has 18 heavy (non-hydrogen) atoms. The highest BCUT2D eigenvalue weighted by Crippen LogP contribution is 2.29. The smallest absolute Gasteiger partial charge is 0.0598 e. The van der Waals surface area contributed by atoms with Crippen LogP contribution in [0.2, 0.25) is 0 Å². The van der Waals surface area contributed by atoms with Crippen molar-refractivity contribution >= 4 is 0 Å². The number of likely N-dealkylation sites (tertiary alicyclic amines) is 1. The van der Waals surface area contributed by atoms with Gasteiger partial charge in [0.25, 0.3) is 0 Å². The highest BCUT2D eigenvalue weighted by Gasteiger charge is 2.37. The predicted octanol–water partition coefficient (Wildman–Crippen LogP) is 2.41. The van der Waals surface area contributed by atoms with Crippen LogP contribution in [0.15, 0.2) is 0 Å². The van der Waals surface area contributed by atoms with Crippen LogP contribution in [-0.4, -0.2) is 49.3 Å². The predicted molar refractivity (Wildman–Crippen MR) is 75.9 cm³/mol. The first-order valence-electron chi connectivity index (χ1n) is 7.71. The number of piperidine rings is 1. The first-order chi connectivity index (χ1) is 8.69. The summed E-state index contributed by atoms with van der Waals surface area (Å²) in [6.45, 7) is 8.32. The lowest BCUT2D eigenvalue weighted by atomic mass is 9.89. The van der Waals surface area contributed by atoms with Crippen molar-refractivity contribution < 1.29 is 4.74 Å². The molecule has 2 aliphatic rings. The zero-order valence-electron chi connectivity index (χ0n) is 12.4. The normalized spacial score (nSPS) is 38.2. The molecule has 0 aromatic heterocycles. The van der Waals surface area contributed by atoms with Crippen LogP contribution < -0.4 is 5.32 Å². The Morgan fingerprint density at radius 3 is 2.83 bits per heavy atom. The minimum Gasteiger partial charge on any atom is -0.381 e. The fourth-order valence-corrected chi connectivity index (χ4v) is 3.79. The molecule has 3 heteroatoms. The van der Waals surface area contributed by atoms with E-state index in [9.17, 15) is 0 Å². The Morgan fingerprint density at radius 2 is 2.28 bits per heavy atom. The Hall–Kier alpha value is -0.120. The van der Waals surface area contributed by atoms with E-state index in [0.717, 1.165) is 0 Å². The first-order valence-corrected chi connectivity index (χ1v) is 7.71. The van der Waals surface area contributed by atoms with Gasteiger partial charge in [-0.25, -0.2) is 0 Å². The van der Waals surface area contributed by atoms with Crippen molar-refractivity contribution in [2.45, 2.75) is 70.1 Å². The molecule has 0 saturated carbocycles. The van der Waals surface area contributed by atoms with Gasteiger partial charge in [0.1, 0.15) is 0 Å². The standard InChI is InChI=1S/C15H30N2O/c1-4-7-15(8-5-9-16-15)12-17-10-6-14(18-3)11-13(17)2/h13-14,16H,4-12H2,1-3H3. The topological polar surface area (TPSA) is 24.5 Å². The van der Waals surface area contributed by atoms with Gasteiger partial charge in [0, 0.05) is 31.8 Å². The van der Waals surface area contributed by atoms with Crippen LogP contribution in [0.4, 0.5) is 0 Å². The zero-order valence-corrected chi connectivity index (χ0v) is 12.4. The van der Waals surface area contributed by atoms with Gasteiger partial charge in [0.15, 0.2) is 0 Å². The molecule has 0 aliphatic carbocycles. The summed E-state index contributed by atoms with van der Waals surface area (Å²) in [4.78, 5) is 2.68. The van der Waals surface area contributed by atoms with Gasteiger partial charge in [0.05, 0.1) is 6.10 Å². The van der Waals surface area contributed by atoms with Crippen molar-refractivity contribution in [2.24, 2.45) is 0 Å². The van der Waals surface area contributed by atoms with Crippen LogP contribution in [-0.2, 0) is 4.74 Å². The molecule has 0 aromatic carbocycles. The maximum atomic E-state index is 5.51. The second-order valence-corrected chi connectivity index (χ2v) is 6.26. The first kappa shape index (κ1) is 14.3. The summed E-state index contributed by atoms with van der Waals surface area (Å²) in [5.74, 6) is 0. The second kappa shape index (κ2) is 6.36. The fraction of sp³-hybridized carbons (Fsp3) is 1.00. The van der Waals surface area contributed by atoms with Crippen LogP contribution in [0.3, 0.4) is 0 Å². The van der Waals surface area contributed by atoms with Crippen LogP contribution >= 0.6 is 0 Å². The maximum absolute atomic E-state index is 5.51. The Bertz CT molecular complexity index is 251. The minimum atomic E-state index is 0.406. The zero-order chi connectivity index (χ0) is 13.0. The highest BCUT2D eigenvalue weighted by molar-refractivity contribution is 4.97. The lowest BCUT2D eigenvalue weighted by Gasteiger charge is -2.42. The molecule has 2 heterocycles. The number of nitrogens with one attached hydrogen (secondary N) is 1. The summed E-state index contributed by atoms with van der Waals surface area (Å²) < 4.78 is 5.51. The molecular formula is C15H30N2O. The summed E-state index contributed by atoms with van der Waals surface area (Å²) in [6, 6.07) is 0.667. The molecule has 2 aliphatic heterocycles. The quantitative estimate of drug-likeness (QED) is 0.815. The molecule has 3 atom stereocenters. The van der Waals surface area contributed by atoms with Gasteiger partial charge in [-0.15, -0.1) is 0 Å².